The van der Waals surface area contributed by atoms with Crippen LogP contribution in [-0.2, 0) is 0 Å². The average molecular weight is 297 g/mol. The second-order valence-corrected chi connectivity index (χ2v) is 7.34. The van der Waals surface area contributed by atoms with Gasteiger partial charge in [-0.15, -0.1) is 11.3 Å². The number of nitrogens with zero attached hydrogens (tertiary/aromatic N) is 1. The van der Waals surface area contributed by atoms with E-state index < -0.39 is 5.91 Å². The minimum atomic E-state index is -0.495. The lowest BCUT2D eigenvalue weighted by Gasteiger charge is -2.22. The predicted molar refractivity (Wildman–Crippen MR) is 83.6 cm³/mol. The largest absolute Gasteiger partial charge is 0.486 e. The van der Waals surface area contributed by atoms with E-state index in [0.717, 1.165) is 24.5 Å². The molecule has 0 radical (unpaired) electrons. The van der Waals surface area contributed by atoms with Crippen LogP contribution in [0.25, 0.3) is 0 Å². The van der Waals surface area contributed by atoms with Crippen molar-refractivity contribution in [2.24, 2.45) is 11.1 Å². The number of hydrogen-bond donors (Lipinski definition) is 2. The van der Waals surface area contributed by atoms with Crippen molar-refractivity contribution in [1.29, 1.82) is 0 Å². The van der Waals surface area contributed by atoms with Gasteiger partial charge in [-0.2, -0.15) is 0 Å². The van der Waals surface area contributed by atoms with E-state index in [9.17, 15) is 4.79 Å². The molecule has 5 nitrogen and oxygen atoms in total. The molecule has 6 heteroatoms. The Bertz CT molecular complexity index is 523. The van der Waals surface area contributed by atoms with Crippen molar-refractivity contribution in [2.45, 2.75) is 40.2 Å². The van der Waals surface area contributed by atoms with Crippen molar-refractivity contribution in [1.82, 2.24) is 0 Å². The highest BCUT2D eigenvalue weighted by Gasteiger charge is 2.34. The summed E-state index contributed by atoms with van der Waals surface area (Å²) in [7, 11) is 0. The Morgan fingerprint density at radius 3 is 2.55 bits per heavy atom. The molecule has 1 aromatic heterocycles. The number of ether oxygens (including phenoxy) is 1. The van der Waals surface area contributed by atoms with E-state index in [1.807, 2.05) is 13.8 Å². The first kappa shape index (κ1) is 15.0. The maximum atomic E-state index is 11.5. The van der Waals surface area contributed by atoms with Gasteiger partial charge in [0, 0.05) is 13.1 Å². The molecule has 0 atom stereocenters. The molecule has 1 aliphatic rings. The van der Waals surface area contributed by atoms with Gasteiger partial charge in [0.2, 0.25) is 0 Å². The minimum absolute atomic E-state index is 0.00184. The highest BCUT2D eigenvalue weighted by Crippen LogP contribution is 2.47. The standard InChI is InChI=1S/C14H23N3O2S/c1-8(2)19-10-9(15)11(12(16)18)20-13(10)17-6-5-14(3,4)7-17/h8H,5-7,15H2,1-4H3,(H2,16,18). The summed E-state index contributed by atoms with van der Waals surface area (Å²) in [6.45, 7) is 10.2. The lowest BCUT2D eigenvalue weighted by molar-refractivity contribution is 0.100. The molecule has 1 aliphatic heterocycles. The van der Waals surface area contributed by atoms with Gasteiger partial charge in [-0.25, -0.2) is 0 Å². The molecular formula is C14H23N3O2S. The Morgan fingerprint density at radius 2 is 2.10 bits per heavy atom. The SMILES string of the molecule is CC(C)Oc1c(N2CCC(C)(C)C2)sc(C(N)=O)c1N. The zero-order chi connectivity index (χ0) is 15.1. The van der Waals surface area contributed by atoms with Gasteiger partial charge in [-0.05, 0) is 25.7 Å². The van der Waals surface area contributed by atoms with Crippen molar-refractivity contribution in [3.63, 3.8) is 0 Å². The third-order valence-electron chi connectivity index (χ3n) is 3.42. The van der Waals surface area contributed by atoms with Gasteiger partial charge in [0.1, 0.15) is 15.6 Å². The van der Waals surface area contributed by atoms with Crippen LogP contribution in [0.2, 0.25) is 0 Å². The number of nitrogens with two attached hydrogens (primary N) is 2. The molecular weight excluding hydrogens is 274 g/mol. The monoisotopic (exact) mass is 297 g/mol. The zero-order valence-corrected chi connectivity index (χ0v) is 13.3. The van der Waals surface area contributed by atoms with Gasteiger partial charge < -0.3 is 21.1 Å². The summed E-state index contributed by atoms with van der Waals surface area (Å²) in [5, 5.41) is 0.926. The second-order valence-electron chi connectivity index (χ2n) is 6.35. The third-order valence-corrected chi connectivity index (χ3v) is 4.69. The van der Waals surface area contributed by atoms with E-state index in [1.54, 1.807) is 0 Å². The van der Waals surface area contributed by atoms with Crippen LogP contribution in [-0.4, -0.2) is 25.1 Å². The molecule has 0 bridgehead atoms. The maximum absolute atomic E-state index is 11.5. The van der Waals surface area contributed by atoms with Crippen LogP contribution >= 0.6 is 11.3 Å². The molecule has 4 N–H and O–H groups in total. The fourth-order valence-corrected chi connectivity index (χ4v) is 3.48. The number of nitrogen functional groups attached to an aromatic ring is 1. The Hall–Kier alpha value is -1.43. The average Bonchev–Trinajstić information content (AvgIpc) is 2.80. The van der Waals surface area contributed by atoms with Crippen LogP contribution in [0.15, 0.2) is 0 Å². The predicted octanol–water partition coefficient (Wildman–Crippen LogP) is 2.45. The molecule has 1 saturated heterocycles. The van der Waals surface area contributed by atoms with E-state index in [0.29, 0.717) is 16.3 Å². The number of hydrogen-bond acceptors (Lipinski definition) is 5. The zero-order valence-electron chi connectivity index (χ0n) is 12.5. The molecule has 112 valence electrons. The fourth-order valence-electron chi connectivity index (χ4n) is 2.44. The number of carbonyl (C=O) groups excluding carboxylic acids is 1. The van der Waals surface area contributed by atoms with Gasteiger partial charge in [-0.3, -0.25) is 4.79 Å². The van der Waals surface area contributed by atoms with Crippen molar-refractivity contribution in [3.8, 4) is 5.75 Å². The van der Waals surface area contributed by atoms with Crippen molar-refractivity contribution < 1.29 is 9.53 Å². The summed E-state index contributed by atoms with van der Waals surface area (Å²) in [4.78, 5) is 14.1. The van der Waals surface area contributed by atoms with Crippen LogP contribution in [0.4, 0.5) is 10.7 Å². The fraction of sp³-hybridized carbons (Fsp3) is 0.643. The summed E-state index contributed by atoms with van der Waals surface area (Å²) in [6.07, 6.45) is 1.11. The molecule has 2 rings (SSSR count). The second kappa shape index (κ2) is 5.16. The Morgan fingerprint density at radius 1 is 1.45 bits per heavy atom. The van der Waals surface area contributed by atoms with Crippen LogP contribution in [0.1, 0.15) is 43.8 Å². The Labute approximate surface area is 123 Å². The van der Waals surface area contributed by atoms with E-state index in [1.165, 1.54) is 11.3 Å². The van der Waals surface area contributed by atoms with Crippen molar-refractivity contribution >= 4 is 27.9 Å². The van der Waals surface area contributed by atoms with Crippen LogP contribution < -0.4 is 21.1 Å². The van der Waals surface area contributed by atoms with Gasteiger partial charge in [0.15, 0.2) is 5.75 Å². The topological polar surface area (TPSA) is 81.6 Å². The van der Waals surface area contributed by atoms with Crippen LogP contribution in [0.3, 0.4) is 0 Å². The molecule has 20 heavy (non-hydrogen) atoms. The molecule has 1 aromatic rings. The maximum Gasteiger partial charge on any atom is 0.261 e. The summed E-state index contributed by atoms with van der Waals surface area (Å²) >= 11 is 1.34. The summed E-state index contributed by atoms with van der Waals surface area (Å²) in [5.41, 5.74) is 12.1. The van der Waals surface area contributed by atoms with E-state index in [4.69, 9.17) is 16.2 Å². The number of carbonyl (C=O) groups is 1. The lowest BCUT2D eigenvalue weighted by atomic mass is 9.93. The Kier molecular flexibility index (Phi) is 3.86. The van der Waals surface area contributed by atoms with Gasteiger partial charge >= 0.3 is 0 Å². The summed E-state index contributed by atoms with van der Waals surface area (Å²) < 4.78 is 5.82. The number of rotatable bonds is 4. The molecule has 1 fully saturated rings. The highest BCUT2D eigenvalue weighted by molar-refractivity contribution is 7.19. The first-order chi connectivity index (χ1) is 9.21. The minimum Gasteiger partial charge on any atom is -0.486 e. The summed E-state index contributed by atoms with van der Waals surface area (Å²) in [6, 6.07) is 0. The molecule has 1 amide bonds. The van der Waals surface area contributed by atoms with Crippen molar-refractivity contribution in [3.05, 3.63) is 4.88 Å². The van der Waals surface area contributed by atoms with Crippen LogP contribution in [0, 0.1) is 5.41 Å². The van der Waals surface area contributed by atoms with Crippen LogP contribution in [0.5, 0.6) is 5.75 Å². The number of thiophene rings is 1. The lowest BCUT2D eigenvalue weighted by Crippen LogP contribution is -2.22. The van der Waals surface area contributed by atoms with Gasteiger partial charge in [0.05, 0.1) is 6.10 Å². The number of primary amides is 1. The normalized spacial score (nSPS) is 17.8. The first-order valence-corrected chi connectivity index (χ1v) is 7.66. The Balaban J connectivity index is 2.41. The molecule has 2 heterocycles. The van der Waals surface area contributed by atoms with E-state index in [-0.39, 0.29) is 11.5 Å². The quantitative estimate of drug-likeness (QED) is 0.894. The first-order valence-electron chi connectivity index (χ1n) is 6.85. The summed E-state index contributed by atoms with van der Waals surface area (Å²) in [5.74, 6) is 0.113. The molecule has 0 unspecified atom stereocenters. The number of amides is 1. The smallest absolute Gasteiger partial charge is 0.261 e. The highest BCUT2D eigenvalue weighted by atomic mass is 32.1. The van der Waals surface area contributed by atoms with Crippen molar-refractivity contribution in [2.75, 3.05) is 23.7 Å². The van der Waals surface area contributed by atoms with E-state index >= 15 is 0 Å². The molecule has 0 spiro atoms. The van der Waals surface area contributed by atoms with Gasteiger partial charge in [0.25, 0.3) is 5.91 Å². The van der Waals surface area contributed by atoms with E-state index in [2.05, 4.69) is 18.7 Å². The number of anilines is 2. The molecule has 0 saturated carbocycles. The molecule has 0 aromatic carbocycles. The third kappa shape index (κ3) is 2.85. The molecule has 0 aliphatic carbocycles. The van der Waals surface area contributed by atoms with Gasteiger partial charge in [-0.1, -0.05) is 13.8 Å².